The van der Waals surface area contributed by atoms with E-state index in [4.69, 9.17) is 0 Å². The van der Waals surface area contributed by atoms with Crippen LogP contribution in [-0.2, 0) is 0 Å². The summed E-state index contributed by atoms with van der Waals surface area (Å²) in [6.07, 6.45) is 0. The molecule has 0 atom stereocenters. The van der Waals surface area contributed by atoms with E-state index in [9.17, 15) is 4.39 Å². The molecule has 2 nitrogen and oxygen atoms in total. The Bertz CT molecular complexity index is 307. The molecule has 1 aromatic carbocycles. The van der Waals surface area contributed by atoms with Crippen molar-refractivity contribution in [1.82, 2.24) is 4.90 Å². The van der Waals surface area contributed by atoms with Gasteiger partial charge in [0.25, 0.3) is 0 Å². The predicted molar refractivity (Wildman–Crippen MR) is 64.0 cm³/mol. The highest BCUT2D eigenvalue weighted by atomic mass is 79.9. The highest BCUT2D eigenvalue weighted by molar-refractivity contribution is 9.09. The number of nitrogens with zero attached hydrogens (tertiary/aromatic N) is 2. The third kappa shape index (κ3) is 2.69. The molecule has 2 rings (SSSR count). The zero-order valence-corrected chi connectivity index (χ0v) is 10.1. The molecule has 0 aliphatic carbocycles. The zero-order chi connectivity index (χ0) is 10.7. The van der Waals surface area contributed by atoms with Gasteiger partial charge in [-0.25, -0.2) is 4.39 Å². The van der Waals surface area contributed by atoms with E-state index in [-0.39, 0.29) is 5.82 Å². The number of benzene rings is 1. The summed E-state index contributed by atoms with van der Waals surface area (Å²) < 4.78 is 12.7. The van der Waals surface area contributed by atoms with Crippen molar-refractivity contribution < 1.29 is 4.39 Å². The minimum Gasteiger partial charge on any atom is -0.369 e. The van der Waals surface area contributed by atoms with Gasteiger partial charge in [0.15, 0.2) is 0 Å². The zero-order valence-electron chi connectivity index (χ0n) is 8.50. The molecule has 1 aliphatic rings. The Balaban J connectivity index is 1.98. The van der Waals surface area contributed by atoms with Crippen LogP contribution in [0.4, 0.5) is 10.1 Å². The van der Waals surface area contributed by atoms with Crippen LogP contribution in [0, 0.1) is 5.82 Å². The minimum atomic E-state index is -0.169. The highest BCUT2D eigenvalue weighted by Gasteiger charge is 2.15. The number of halogens is 2. The lowest BCUT2D eigenvalue weighted by Gasteiger charge is -2.35. The Kier molecular flexibility index (Phi) is 3.59. The number of hydrogen-bond donors (Lipinski definition) is 0. The monoisotopic (exact) mass is 272 g/mol. The lowest BCUT2D eigenvalue weighted by molar-refractivity contribution is 0.303. The standard InChI is InChI=1S/C11H14BrFN2/c12-9-14-5-7-15(8-6-14)11-3-1-10(13)2-4-11/h1-4H,5-9H2. The molecule has 0 amide bonds. The molecule has 4 heteroatoms. The van der Waals surface area contributed by atoms with E-state index in [1.807, 2.05) is 12.1 Å². The fraction of sp³-hybridized carbons (Fsp3) is 0.455. The van der Waals surface area contributed by atoms with E-state index < -0.39 is 0 Å². The fourth-order valence-electron chi connectivity index (χ4n) is 1.78. The third-order valence-electron chi connectivity index (χ3n) is 2.73. The number of rotatable bonds is 2. The fourth-order valence-corrected chi connectivity index (χ4v) is 2.28. The number of alkyl halides is 1. The first-order chi connectivity index (χ1) is 7.29. The van der Waals surface area contributed by atoms with Crippen LogP contribution in [0.25, 0.3) is 0 Å². The van der Waals surface area contributed by atoms with Crippen LogP contribution in [0.5, 0.6) is 0 Å². The molecule has 1 heterocycles. The Morgan fingerprint density at radius 1 is 1.07 bits per heavy atom. The summed E-state index contributed by atoms with van der Waals surface area (Å²) in [6, 6.07) is 6.73. The third-order valence-corrected chi connectivity index (χ3v) is 3.44. The van der Waals surface area contributed by atoms with Gasteiger partial charge < -0.3 is 4.90 Å². The molecular formula is C11H14BrFN2. The van der Waals surface area contributed by atoms with Crippen LogP contribution in [0.1, 0.15) is 0 Å². The lowest BCUT2D eigenvalue weighted by atomic mass is 10.2. The van der Waals surface area contributed by atoms with Crippen LogP contribution in [0.2, 0.25) is 0 Å². The number of anilines is 1. The Labute approximate surface area is 97.8 Å². The molecule has 0 saturated carbocycles. The molecule has 0 N–H and O–H groups in total. The molecule has 0 aromatic heterocycles. The van der Waals surface area contributed by atoms with Crippen molar-refractivity contribution in [1.29, 1.82) is 0 Å². The van der Waals surface area contributed by atoms with Gasteiger partial charge in [0, 0.05) is 31.9 Å². The average Bonchev–Trinajstić information content (AvgIpc) is 2.30. The summed E-state index contributed by atoms with van der Waals surface area (Å²) >= 11 is 3.45. The summed E-state index contributed by atoms with van der Waals surface area (Å²) in [4.78, 5) is 4.64. The second kappa shape index (κ2) is 4.94. The van der Waals surface area contributed by atoms with Crippen LogP contribution >= 0.6 is 15.9 Å². The van der Waals surface area contributed by atoms with Crippen molar-refractivity contribution in [2.75, 3.05) is 36.5 Å². The van der Waals surface area contributed by atoms with Crippen LogP contribution in [-0.4, -0.2) is 36.5 Å². The molecular weight excluding hydrogens is 259 g/mol. The van der Waals surface area contributed by atoms with Gasteiger partial charge >= 0.3 is 0 Å². The molecule has 1 aromatic rings. The molecule has 1 fully saturated rings. The second-order valence-electron chi connectivity index (χ2n) is 3.70. The SMILES string of the molecule is Fc1ccc(N2CCN(CBr)CC2)cc1. The topological polar surface area (TPSA) is 6.48 Å². The lowest BCUT2D eigenvalue weighted by Crippen LogP contribution is -2.45. The molecule has 82 valence electrons. The Hall–Kier alpha value is -0.610. The van der Waals surface area contributed by atoms with Gasteiger partial charge in [-0.3, -0.25) is 4.90 Å². The van der Waals surface area contributed by atoms with Crippen LogP contribution in [0.15, 0.2) is 24.3 Å². The van der Waals surface area contributed by atoms with Crippen LogP contribution in [0.3, 0.4) is 0 Å². The average molecular weight is 273 g/mol. The van der Waals surface area contributed by atoms with Gasteiger partial charge in [0.2, 0.25) is 0 Å². The summed E-state index contributed by atoms with van der Waals surface area (Å²) in [5, 5.41) is 0. The summed E-state index contributed by atoms with van der Waals surface area (Å²) in [5.41, 5.74) is 2.05. The van der Waals surface area contributed by atoms with Crippen molar-refractivity contribution >= 4 is 21.6 Å². The van der Waals surface area contributed by atoms with Crippen molar-refractivity contribution in [3.05, 3.63) is 30.1 Å². The normalized spacial score (nSPS) is 18.1. The maximum Gasteiger partial charge on any atom is 0.123 e. The van der Waals surface area contributed by atoms with Gasteiger partial charge in [-0.2, -0.15) is 0 Å². The van der Waals surface area contributed by atoms with Gasteiger partial charge in [-0.1, -0.05) is 15.9 Å². The van der Waals surface area contributed by atoms with E-state index in [1.165, 1.54) is 12.1 Å². The summed E-state index contributed by atoms with van der Waals surface area (Å²) in [7, 11) is 0. The largest absolute Gasteiger partial charge is 0.369 e. The molecule has 15 heavy (non-hydrogen) atoms. The van der Waals surface area contributed by atoms with Crippen LogP contribution < -0.4 is 4.90 Å². The van der Waals surface area contributed by atoms with E-state index in [0.717, 1.165) is 37.3 Å². The molecule has 0 radical (unpaired) electrons. The quantitative estimate of drug-likeness (QED) is 0.602. The highest BCUT2D eigenvalue weighted by Crippen LogP contribution is 2.16. The van der Waals surface area contributed by atoms with Gasteiger partial charge in [0.05, 0.1) is 5.45 Å². The maximum atomic E-state index is 12.7. The predicted octanol–water partition coefficient (Wildman–Crippen LogP) is 2.30. The molecule has 1 saturated heterocycles. The second-order valence-corrected chi connectivity index (χ2v) is 4.20. The van der Waals surface area contributed by atoms with Crippen molar-refractivity contribution in [2.24, 2.45) is 0 Å². The first-order valence-corrected chi connectivity index (χ1v) is 6.20. The summed E-state index contributed by atoms with van der Waals surface area (Å²) in [5.74, 6) is -0.169. The van der Waals surface area contributed by atoms with Gasteiger partial charge in [-0.15, -0.1) is 0 Å². The van der Waals surface area contributed by atoms with Gasteiger partial charge in [0.1, 0.15) is 5.82 Å². The van der Waals surface area contributed by atoms with Crippen molar-refractivity contribution in [3.63, 3.8) is 0 Å². The first kappa shape index (κ1) is 10.9. The Morgan fingerprint density at radius 2 is 1.67 bits per heavy atom. The number of piperazine rings is 1. The van der Waals surface area contributed by atoms with Gasteiger partial charge in [-0.05, 0) is 24.3 Å². The molecule has 1 aliphatic heterocycles. The van der Waals surface area contributed by atoms with E-state index >= 15 is 0 Å². The smallest absolute Gasteiger partial charge is 0.123 e. The maximum absolute atomic E-state index is 12.7. The van der Waals surface area contributed by atoms with Crippen molar-refractivity contribution in [2.45, 2.75) is 0 Å². The van der Waals surface area contributed by atoms with E-state index in [2.05, 4.69) is 25.7 Å². The molecule has 0 spiro atoms. The molecule has 0 bridgehead atoms. The van der Waals surface area contributed by atoms with E-state index in [1.54, 1.807) is 0 Å². The Morgan fingerprint density at radius 3 is 2.20 bits per heavy atom. The van der Waals surface area contributed by atoms with E-state index in [0.29, 0.717) is 0 Å². The minimum absolute atomic E-state index is 0.169. The number of hydrogen-bond acceptors (Lipinski definition) is 2. The molecule has 0 unspecified atom stereocenters. The van der Waals surface area contributed by atoms with Crippen molar-refractivity contribution in [3.8, 4) is 0 Å². The summed E-state index contributed by atoms with van der Waals surface area (Å²) in [6.45, 7) is 4.14. The first-order valence-electron chi connectivity index (χ1n) is 5.08.